The Kier molecular flexibility index (Phi) is 4.43. The summed E-state index contributed by atoms with van der Waals surface area (Å²) in [5, 5.41) is 0. The average Bonchev–Trinajstić information content (AvgIpc) is 2.92. The van der Waals surface area contributed by atoms with Crippen LogP contribution in [0.3, 0.4) is 0 Å². The van der Waals surface area contributed by atoms with Crippen molar-refractivity contribution in [2.75, 3.05) is 32.6 Å². The number of amides is 1. The van der Waals surface area contributed by atoms with Gasteiger partial charge in [-0.15, -0.1) is 11.8 Å². The largest absolute Gasteiger partial charge is 0.378 e. The average molecular weight is 325 g/mol. The Hall–Kier alpha value is -1.11. The molecule has 22 heavy (non-hydrogen) atoms. The number of benzene rings is 1. The van der Waals surface area contributed by atoms with Crippen molar-refractivity contribution >= 4 is 17.7 Å². The van der Waals surface area contributed by atoms with Crippen molar-refractivity contribution in [1.82, 2.24) is 4.90 Å². The van der Waals surface area contributed by atoms with Crippen LogP contribution in [0.5, 0.6) is 0 Å². The Bertz CT molecular complexity index is 575. The molecule has 2 aliphatic heterocycles. The maximum absolute atomic E-state index is 14.2. The van der Waals surface area contributed by atoms with Gasteiger partial charge in [-0.2, -0.15) is 0 Å². The minimum Gasteiger partial charge on any atom is -0.378 e. The van der Waals surface area contributed by atoms with Gasteiger partial charge in [-0.25, -0.2) is 4.39 Å². The van der Waals surface area contributed by atoms with Crippen LogP contribution in [-0.4, -0.2) is 55.1 Å². The lowest BCUT2D eigenvalue weighted by Gasteiger charge is -2.43. The molecular formula is C16H20FNO3S. The highest BCUT2D eigenvalue weighted by molar-refractivity contribution is 7.98. The molecule has 0 bridgehead atoms. The van der Waals surface area contributed by atoms with E-state index in [0.29, 0.717) is 31.2 Å². The molecule has 2 fully saturated rings. The van der Waals surface area contributed by atoms with E-state index in [-0.39, 0.29) is 17.6 Å². The molecule has 0 saturated carbocycles. The van der Waals surface area contributed by atoms with Gasteiger partial charge in [0.05, 0.1) is 24.8 Å². The molecule has 6 heteroatoms. The van der Waals surface area contributed by atoms with E-state index in [1.54, 1.807) is 17.0 Å². The van der Waals surface area contributed by atoms with Crippen LogP contribution in [0.15, 0.2) is 23.1 Å². The van der Waals surface area contributed by atoms with Crippen LogP contribution in [0, 0.1) is 5.82 Å². The lowest BCUT2D eigenvalue weighted by Crippen LogP contribution is -2.57. The third kappa shape index (κ3) is 2.87. The van der Waals surface area contributed by atoms with E-state index in [9.17, 15) is 9.18 Å². The first-order valence-corrected chi connectivity index (χ1v) is 8.64. The molecule has 1 spiro atoms. The number of thioether (sulfide) groups is 1. The number of nitrogens with zero attached hydrogens (tertiary/aromatic N) is 1. The highest BCUT2D eigenvalue weighted by Crippen LogP contribution is 2.32. The number of carbonyl (C=O) groups is 1. The van der Waals surface area contributed by atoms with Crippen LogP contribution < -0.4 is 0 Å². The summed E-state index contributed by atoms with van der Waals surface area (Å²) < 4.78 is 25.7. The minimum atomic E-state index is -0.465. The van der Waals surface area contributed by atoms with Gasteiger partial charge in [0, 0.05) is 24.5 Å². The van der Waals surface area contributed by atoms with Gasteiger partial charge in [0.2, 0.25) is 0 Å². The van der Waals surface area contributed by atoms with Crippen molar-refractivity contribution in [1.29, 1.82) is 0 Å². The van der Waals surface area contributed by atoms with E-state index in [4.69, 9.17) is 9.47 Å². The summed E-state index contributed by atoms with van der Waals surface area (Å²) in [7, 11) is 0. The SMILES string of the molecule is CSc1cccc(F)c1C(=O)N1C[C@H](C)O[C@]2(CCOC2)C1. The summed E-state index contributed by atoms with van der Waals surface area (Å²) in [4.78, 5) is 15.2. The number of hydrogen-bond donors (Lipinski definition) is 0. The Labute approximate surface area is 134 Å². The second-order valence-electron chi connectivity index (χ2n) is 5.92. The van der Waals surface area contributed by atoms with Gasteiger partial charge < -0.3 is 14.4 Å². The summed E-state index contributed by atoms with van der Waals surface area (Å²) in [6, 6.07) is 4.75. The van der Waals surface area contributed by atoms with E-state index in [0.717, 1.165) is 6.42 Å². The third-order valence-corrected chi connectivity index (χ3v) is 4.95. The smallest absolute Gasteiger partial charge is 0.258 e. The lowest BCUT2D eigenvalue weighted by atomic mass is 9.98. The van der Waals surface area contributed by atoms with Crippen LogP contribution in [0.25, 0.3) is 0 Å². The van der Waals surface area contributed by atoms with Crippen LogP contribution in [-0.2, 0) is 9.47 Å². The third-order valence-electron chi connectivity index (χ3n) is 4.17. The molecule has 4 nitrogen and oxygen atoms in total. The van der Waals surface area contributed by atoms with Gasteiger partial charge in [-0.05, 0) is 25.3 Å². The Morgan fingerprint density at radius 2 is 2.32 bits per heavy atom. The first-order valence-electron chi connectivity index (χ1n) is 7.42. The Balaban J connectivity index is 1.88. The number of ether oxygens (including phenoxy) is 2. The predicted molar refractivity (Wildman–Crippen MR) is 82.8 cm³/mol. The quantitative estimate of drug-likeness (QED) is 0.784. The molecule has 2 heterocycles. The molecule has 2 aliphatic rings. The molecule has 0 N–H and O–H groups in total. The van der Waals surface area contributed by atoms with E-state index in [2.05, 4.69) is 0 Å². The van der Waals surface area contributed by atoms with E-state index in [1.807, 2.05) is 13.2 Å². The van der Waals surface area contributed by atoms with Crippen LogP contribution in [0.2, 0.25) is 0 Å². The predicted octanol–water partition coefficient (Wildman–Crippen LogP) is 2.57. The van der Waals surface area contributed by atoms with Gasteiger partial charge in [0.1, 0.15) is 11.4 Å². The number of carbonyl (C=O) groups excluding carboxylic acids is 1. The summed E-state index contributed by atoms with van der Waals surface area (Å²) in [6.45, 7) is 4.01. The second-order valence-corrected chi connectivity index (χ2v) is 6.76. The standard InChI is InChI=1S/C16H20FNO3S/c1-11-8-18(9-16(21-11)6-7-20-10-16)15(19)14-12(17)4-3-5-13(14)22-2/h3-5,11H,6-10H2,1-2H3/t11-,16+/m0/s1. The zero-order valence-electron chi connectivity index (χ0n) is 12.8. The Morgan fingerprint density at radius 3 is 3.00 bits per heavy atom. The highest BCUT2D eigenvalue weighted by Gasteiger charge is 2.44. The zero-order valence-corrected chi connectivity index (χ0v) is 13.6. The van der Waals surface area contributed by atoms with Crippen molar-refractivity contribution in [3.05, 3.63) is 29.6 Å². The lowest BCUT2D eigenvalue weighted by molar-refractivity contribution is -0.138. The van der Waals surface area contributed by atoms with Crippen LogP contribution in [0.4, 0.5) is 4.39 Å². The summed E-state index contributed by atoms with van der Waals surface area (Å²) in [5.41, 5.74) is -0.267. The van der Waals surface area contributed by atoms with Gasteiger partial charge in [0.15, 0.2) is 0 Å². The van der Waals surface area contributed by atoms with E-state index < -0.39 is 11.4 Å². The van der Waals surface area contributed by atoms with E-state index in [1.165, 1.54) is 17.8 Å². The molecule has 3 rings (SSSR count). The fourth-order valence-electron chi connectivity index (χ4n) is 3.23. The molecule has 1 aromatic rings. The molecule has 2 saturated heterocycles. The minimum absolute atomic E-state index is 0.0797. The molecule has 120 valence electrons. The number of halogens is 1. The zero-order chi connectivity index (χ0) is 15.7. The molecule has 1 amide bonds. The maximum atomic E-state index is 14.2. The maximum Gasteiger partial charge on any atom is 0.258 e. The van der Waals surface area contributed by atoms with Crippen LogP contribution >= 0.6 is 11.8 Å². The normalized spacial score (nSPS) is 28.3. The molecular weight excluding hydrogens is 305 g/mol. The molecule has 2 atom stereocenters. The highest BCUT2D eigenvalue weighted by atomic mass is 32.2. The van der Waals surface area contributed by atoms with Crippen molar-refractivity contribution in [3.63, 3.8) is 0 Å². The fourth-order valence-corrected chi connectivity index (χ4v) is 3.83. The summed E-state index contributed by atoms with van der Waals surface area (Å²) in [6.07, 6.45) is 2.54. The molecule has 0 radical (unpaired) electrons. The fraction of sp³-hybridized carbons (Fsp3) is 0.562. The number of rotatable bonds is 2. The second kappa shape index (κ2) is 6.18. The van der Waals surface area contributed by atoms with Crippen LogP contribution in [0.1, 0.15) is 23.7 Å². The first-order chi connectivity index (χ1) is 10.5. The summed E-state index contributed by atoms with van der Waals surface area (Å²) >= 11 is 1.38. The Morgan fingerprint density at radius 1 is 1.50 bits per heavy atom. The van der Waals surface area contributed by atoms with Crippen molar-refractivity contribution < 1.29 is 18.7 Å². The van der Waals surface area contributed by atoms with Gasteiger partial charge in [-0.3, -0.25) is 4.79 Å². The van der Waals surface area contributed by atoms with Crippen molar-refractivity contribution in [2.45, 2.75) is 29.9 Å². The number of hydrogen-bond acceptors (Lipinski definition) is 4. The molecule has 0 unspecified atom stereocenters. The van der Waals surface area contributed by atoms with E-state index >= 15 is 0 Å². The van der Waals surface area contributed by atoms with Crippen molar-refractivity contribution in [2.24, 2.45) is 0 Å². The molecule has 0 aliphatic carbocycles. The molecule has 0 aromatic heterocycles. The monoisotopic (exact) mass is 325 g/mol. The van der Waals surface area contributed by atoms with Crippen molar-refractivity contribution in [3.8, 4) is 0 Å². The first kappa shape index (κ1) is 15.8. The van der Waals surface area contributed by atoms with Gasteiger partial charge >= 0.3 is 0 Å². The molecule has 1 aromatic carbocycles. The summed E-state index contributed by atoms with van der Waals surface area (Å²) in [5.74, 6) is -0.725. The van der Waals surface area contributed by atoms with Gasteiger partial charge in [-0.1, -0.05) is 6.07 Å². The topological polar surface area (TPSA) is 38.8 Å². The number of morpholine rings is 1. The van der Waals surface area contributed by atoms with Gasteiger partial charge in [0.25, 0.3) is 5.91 Å².